The second-order valence-electron chi connectivity index (χ2n) is 8.62. The van der Waals surface area contributed by atoms with E-state index in [9.17, 15) is 9.90 Å². The molecule has 0 aromatic heterocycles. The summed E-state index contributed by atoms with van der Waals surface area (Å²) < 4.78 is 10.9. The maximum Gasteiger partial charge on any atom is 0.255 e. The van der Waals surface area contributed by atoms with Crippen LogP contribution >= 0.6 is 0 Å². The van der Waals surface area contributed by atoms with E-state index in [0.29, 0.717) is 17.9 Å². The van der Waals surface area contributed by atoms with Crippen molar-refractivity contribution in [3.63, 3.8) is 0 Å². The number of phenols is 1. The molecule has 1 atom stereocenters. The summed E-state index contributed by atoms with van der Waals surface area (Å²) in [5, 5.41) is 10.5. The van der Waals surface area contributed by atoms with E-state index in [4.69, 9.17) is 9.47 Å². The van der Waals surface area contributed by atoms with Crippen LogP contribution in [0.5, 0.6) is 17.2 Å². The predicted octanol–water partition coefficient (Wildman–Crippen LogP) is 4.00. The average molecular weight is 381 g/mol. The molecule has 0 fully saturated rings. The number of benzene rings is 2. The highest BCUT2D eigenvalue weighted by atomic mass is 16.5. The minimum atomic E-state index is -0.317. The lowest BCUT2D eigenvalue weighted by molar-refractivity contribution is 0.0627. The van der Waals surface area contributed by atoms with E-state index < -0.39 is 0 Å². The van der Waals surface area contributed by atoms with Gasteiger partial charge in [-0.2, -0.15) is 0 Å². The summed E-state index contributed by atoms with van der Waals surface area (Å²) in [6.07, 6.45) is 1.50. The second-order valence-corrected chi connectivity index (χ2v) is 8.62. The Morgan fingerprint density at radius 1 is 1.07 bits per heavy atom. The summed E-state index contributed by atoms with van der Waals surface area (Å²) in [7, 11) is 3.27. The third-order valence-corrected chi connectivity index (χ3v) is 5.91. The predicted molar refractivity (Wildman–Crippen MR) is 108 cm³/mol. The average Bonchev–Trinajstić information content (AvgIpc) is 2.66. The lowest BCUT2D eigenvalue weighted by Crippen LogP contribution is -2.45. The number of carbonyl (C=O) groups excluding carboxylic acids is 1. The van der Waals surface area contributed by atoms with Crippen LogP contribution in [0.25, 0.3) is 0 Å². The Morgan fingerprint density at radius 2 is 1.75 bits per heavy atom. The standard InChI is InChI=1S/C23H27NO4/c1-23(2,3)21-17(25)7-6-14-10-16-15-12-19(28-5)18(27-4)11-13(15)8-9-24(16)22(26)20(14)21/h6-7,11-12,16,25H,8-10H2,1-5H3. The number of amides is 1. The molecule has 2 heterocycles. The third kappa shape index (κ3) is 2.72. The normalized spacial score (nSPS) is 18.2. The first-order chi connectivity index (χ1) is 13.3. The Balaban J connectivity index is 1.86. The molecule has 1 amide bonds. The van der Waals surface area contributed by atoms with Crippen LogP contribution < -0.4 is 9.47 Å². The number of fused-ring (bicyclic) bond motifs is 4. The first kappa shape index (κ1) is 18.7. The molecule has 0 radical (unpaired) electrons. The van der Waals surface area contributed by atoms with Gasteiger partial charge < -0.3 is 19.5 Å². The molecule has 4 rings (SSSR count). The molecule has 1 N–H and O–H groups in total. The summed E-state index contributed by atoms with van der Waals surface area (Å²) in [5.74, 6) is 1.61. The van der Waals surface area contributed by atoms with Gasteiger partial charge in [0.15, 0.2) is 11.5 Å². The van der Waals surface area contributed by atoms with E-state index in [-0.39, 0.29) is 23.1 Å². The highest BCUT2D eigenvalue weighted by Gasteiger charge is 2.40. The zero-order valence-electron chi connectivity index (χ0n) is 17.1. The molecule has 28 heavy (non-hydrogen) atoms. The molecule has 0 bridgehead atoms. The van der Waals surface area contributed by atoms with Gasteiger partial charge in [-0.1, -0.05) is 26.8 Å². The Morgan fingerprint density at radius 3 is 2.39 bits per heavy atom. The first-order valence-corrected chi connectivity index (χ1v) is 9.67. The van der Waals surface area contributed by atoms with Crippen LogP contribution in [0.3, 0.4) is 0 Å². The number of carbonyl (C=O) groups is 1. The topological polar surface area (TPSA) is 59.0 Å². The number of rotatable bonds is 2. The molecule has 5 heteroatoms. The zero-order chi connectivity index (χ0) is 20.2. The van der Waals surface area contributed by atoms with E-state index >= 15 is 0 Å². The maximum absolute atomic E-state index is 13.5. The lowest BCUT2D eigenvalue weighted by Gasteiger charge is -2.43. The van der Waals surface area contributed by atoms with E-state index in [1.807, 2.05) is 43.9 Å². The number of hydrogen-bond donors (Lipinski definition) is 1. The van der Waals surface area contributed by atoms with Gasteiger partial charge in [0.1, 0.15) is 5.75 Å². The quantitative estimate of drug-likeness (QED) is 0.854. The van der Waals surface area contributed by atoms with Gasteiger partial charge in [-0.05, 0) is 53.1 Å². The molecule has 2 aliphatic heterocycles. The number of hydrogen-bond acceptors (Lipinski definition) is 4. The molecule has 2 aliphatic rings. The van der Waals surface area contributed by atoms with Gasteiger partial charge in [0, 0.05) is 12.1 Å². The van der Waals surface area contributed by atoms with Crippen LogP contribution in [-0.2, 0) is 18.3 Å². The van der Waals surface area contributed by atoms with E-state index in [1.165, 1.54) is 5.56 Å². The monoisotopic (exact) mass is 381 g/mol. The highest BCUT2D eigenvalue weighted by Crippen LogP contribution is 2.45. The number of nitrogens with zero attached hydrogens (tertiary/aromatic N) is 1. The Hall–Kier alpha value is -2.69. The van der Waals surface area contributed by atoms with Gasteiger partial charge >= 0.3 is 0 Å². The molecule has 0 saturated carbocycles. The van der Waals surface area contributed by atoms with Crippen molar-refractivity contribution < 1.29 is 19.4 Å². The summed E-state index contributed by atoms with van der Waals surface area (Å²) in [6.45, 7) is 6.75. The van der Waals surface area contributed by atoms with E-state index in [2.05, 4.69) is 0 Å². The Kier molecular flexibility index (Phi) is 4.29. The van der Waals surface area contributed by atoms with Crippen molar-refractivity contribution in [2.75, 3.05) is 20.8 Å². The molecule has 5 nitrogen and oxygen atoms in total. The van der Waals surface area contributed by atoms with Crippen molar-refractivity contribution >= 4 is 5.91 Å². The molecule has 0 saturated heterocycles. The fourth-order valence-electron chi connectivity index (χ4n) is 4.65. The van der Waals surface area contributed by atoms with Crippen LogP contribution in [0, 0.1) is 0 Å². The summed E-state index contributed by atoms with van der Waals surface area (Å²) >= 11 is 0. The van der Waals surface area contributed by atoms with Gasteiger partial charge in [-0.25, -0.2) is 0 Å². The Labute approximate surface area is 165 Å². The Bertz CT molecular complexity index is 958. The maximum atomic E-state index is 13.5. The molecule has 2 aromatic rings. The van der Waals surface area contributed by atoms with Crippen molar-refractivity contribution in [2.24, 2.45) is 0 Å². The summed E-state index contributed by atoms with van der Waals surface area (Å²) in [4.78, 5) is 15.5. The second kappa shape index (κ2) is 6.43. The lowest BCUT2D eigenvalue weighted by atomic mass is 9.76. The van der Waals surface area contributed by atoms with Gasteiger partial charge in [-0.3, -0.25) is 4.79 Å². The molecule has 0 aliphatic carbocycles. The molecule has 148 valence electrons. The molecule has 0 spiro atoms. The fraction of sp³-hybridized carbons (Fsp3) is 0.435. The fourth-order valence-corrected chi connectivity index (χ4v) is 4.65. The van der Waals surface area contributed by atoms with Crippen molar-refractivity contribution in [1.82, 2.24) is 4.90 Å². The van der Waals surface area contributed by atoms with E-state index in [0.717, 1.165) is 35.3 Å². The van der Waals surface area contributed by atoms with Gasteiger partial charge in [0.25, 0.3) is 5.91 Å². The van der Waals surface area contributed by atoms with Crippen molar-refractivity contribution in [3.8, 4) is 17.2 Å². The van der Waals surface area contributed by atoms with Crippen molar-refractivity contribution in [3.05, 3.63) is 52.1 Å². The number of aromatic hydroxyl groups is 1. The van der Waals surface area contributed by atoms with Crippen LogP contribution in [0.4, 0.5) is 0 Å². The number of methoxy groups -OCH3 is 2. The SMILES string of the molecule is COc1cc2c(cc1OC)C1Cc3ccc(O)c(C(C)(C)C)c3C(=O)N1CC2. The van der Waals surface area contributed by atoms with Gasteiger partial charge in [0.2, 0.25) is 0 Å². The van der Waals surface area contributed by atoms with Crippen molar-refractivity contribution in [2.45, 2.75) is 45.1 Å². The molecule has 1 unspecified atom stereocenters. The minimum absolute atomic E-state index is 0.00695. The largest absolute Gasteiger partial charge is 0.508 e. The number of phenolic OH excluding ortho intramolecular Hbond substituents is 1. The van der Waals surface area contributed by atoms with Crippen LogP contribution in [-0.4, -0.2) is 36.7 Å². The van der Waals surface area contributed by atoms with E-state index in [1.54, 1.807) is 20.3 Å². The van der Waals surface area contributed by atoms with Gasteiger partial charge in [-0.15, -0.1) is 0 Å². The van der Waals surface area contributed by atoms with Crippen LogP contribution in [0.15, 0.2) is 24.3 Å². The minimum Gasteiger partial charge on any atom is -0.508 e. The summed E-state index contributed by atoms with van der Waals surface area (Å²) in [5.41, 5.74) is 4.41. The highest BCUT2D eigenvalue weighted by molar-refractivity contribution is 6.00. The van der Waals surface area contributed by atoms with Crippen molar-refractivity contribution in [1.29, 1.82) is 0 Å². The first-order valence-electron chi connectivity index (χ1n) is 9.67. The number of ether oxygens (including phenoxy) is 2. The molecular weight excluding hydrogens is 354 g/mol. The third-order valence-electron chi connectivity index (χ3n) is 5.91. The molecule has 2 aromatic carbocycles. The van der Waals surface area contributed by atoms with Crippen LogP contribution in [0.1, 0.15) is 59.4 Å². The van der Waals surface area contributed by atoms with Crippen LogP contribution in [0.2, 0.25) is 0 Å². The van der Waals surface area contributed by atoms with Gasteiger partial charge in [0.05, 0.1) is 25.8 Å². The smallest absolute Gasteiger partial charge is 0.255 e. The summed E-state index contributed by atoms with van der Waals surface area (Å²) in [6, 6.07) is 7.63. The molecular formula is C23H27NO4. The zero-order valence-corrected chi connectivity index (χ0v) is 17.1.